The van der Waals surface area contributed by atoms with Crippen molar-refractivity contribution in [2.45, 2.75) is 19.8 Å². The van der Waals surface area contributed by atoms with Gasteiger partial charge in [0.1, 0.15) is 5.75 Å². The molecular weight excluding hydrogens is 280 g/mol. The standard InChI is InChI=1S/C17H18N2O3/c1-12(2)16-9-4-13(10-17(16)19(20)21)11-18-14-5-7-15(22-3)8-6-14/h4-12H,1-3H3. The van der Waals surface area contributed by atoms with Gasteiger partial charge < -0.3 is 4.74 Å². The van der Waals surface area contributed by atoms with E-state index in [0.29, 0.717) is 5.56 Å². The zero-order chi connectivity index (χ0) is 16.1. The summed E-state index contributed by atoms with van der Waals surface area (Å²) >= 11 is 0. The fourth-order valence-electron chi connectivity index (χ4n) is 2.10. The van der Waals surface area contributed by atoms with E-state index in [-0.39, 0.29) is 16.5 Å². The van der Waals surface area contributed by atoms with E-state index in [9.17, 15) is 10.1 Å². The number of nitrogens with zero attached hydrogens (tertiary/aromatic N) is 2. The highest BCUT2D eigenvalue weighted by atomic mass is 16.6. The second-order valence-corrected chi connectivity index (χ2v) is 5.19. The summed E-state index contributed by atoms with van der Waals surface area (Å²) in [5.41, 5.74) is 2.32. The van der Waals surface area contributed by atoms with E-state index in [1.807, 2.05) is 44.2 Å². The lowest BCUT2D eigenvalue weighted by Crippen LogP contribution is -1.98. The molecule has 0 aromatic heterocycles. The number of ether oxygens (including phenoxy) is 1. The summed E-state index contributed by atoms with van der Waals surface area (Å²) in [7, 11) is 1.60. The maximum atomic E-state index is 11.2. The van der Waals surface area contributed by atoms with Crippen LogP contribution in [0.5, 0.6) is 5.75 Å². The molecule has 0 aliphatic carbocycles. The Hall–Kier alpha value is -2.69. The first-order valence-electron chi connectivity index (χ1n) is 6.97. The van der Waals surface area contributed by atoms with E-state index in [2.05, 4.69) is 4.99 Å². The second-order valence-electron chi connectivity index (χ2n) is 5.19. The number of nitro groups is 1. The predicted molar refractivity (Wildman–Crippen MR) is 87.4 cm³/mol. The van der Waals surface area contributed by atoms with Crippen LogP contribution < -0.4 is 4.74 Å². The number of benzene rings is 2. The predicted octanol–water partition coefficient (Wildman–Crippen LogP) is 4.48. The minimum absolute atomic E-state index is 0.105. The van der Waals surface area contributed by atoms with Crippen molar-refractivity contribution in [1.29, 1.82) is 0 Å². The van der Waals surface area contributed by atoms with Crippen LogP contribution in [0.1, 0.15) is 30.9 Å². The summed E-state index contributed by atoms with van der Waals surface area (Å²) in [4.78, 5) is 15.1. The van der Waals surface area contributed by atoms with E-state index in [1.165, 1.54) is 0 Å². The second kappa shape index (κ2) is 6.85. The number of methoxy groups -OCH3 is 1. The van der Waals surface area contributed by atoms with Crippen LogP contribution >= 0.6 is 0 Å². The van der Waals surface area contributed by atoms with Gasteiger partial charge in [-0.3, -0.25) is 15.1 Å². The monoisotopic (exact) mass is 298 g/mol. The van der Waals surface area contributed by atoms with Gasteiger partial charge >= 0.3 is 0 Å². The van der Waals surface area contributed by atoms with Gasteiger partial charge in [0.15, 0.2) is 0 Å². The highest BCUT2D eigenvalue weighted by molar-refractivity contribution is 5.83. The van der Waals surface area contributed by atoms with Gasteiger partial charge in [0, 0.05) is 17.8 Å². The molecule has 22 heavy (non-hydrogen) atoms. The molecule has 0 bridgehead atoms. The summed E-state index contributed by atoms with van der Waals surface area (Å²) in [5.74, 6) is 0.865. The van der Waals surface area contributed by atoms with Gasteiger partial charge in [-0.15, -0.1) is 0 Å². The van der Waals surface area contributed by atoms with Gasteiger partial charge in [-0.25, -0.2) is 0 Å². The van der Waals surface area contributed by atoms with Crippen molar-refractivity contribution >= 4 is 17.6 Å². The molecule has 0 heterocycles. The van der Waals surface area contributed by atoms with Gasteiger partial charge in [-0.2, -0.15) is 0 Å². The van der Waals surface area contributed by atoms with Crippen molar-refractivity contribution in [1.82, 2.24) is 0 Å². The Labute approximate surface area is 129 Å². The van der Waals surface area contributed by atoms with Crippen LogP contribution in [-0.4, -0.2) is 18.2 Å². The molecular formula is C17H18N2O3. The minimum Gasteiger partial charge on any atom is -0.497 e. The maximum Gasteiger partial charge on any atom is 0.273 e. The van der Waals surface area contributed by atoms with Crippen molar-refractivity contribution in [2.75, 3.05) is 7.11 Å². The normalized spacial score (nSPS) is 11.1. The van der Waals surface area contributed by atoms with E-state index >= 15 is 0 Å². The van der Waals surface area contributed by atoms with Crippen molar-refractivity contribution in [3.63, 3.8) is 0 Å². The molecule has 2 aromatic carbocycles. The maximum absolute atomic E-state index is 11.2. The number of hydrogen-bond donors (Lipinski definition) is 0. The molecule has 5 nitrogen and oxygen atoms in total. The van der Waals surface area contributed by atoms with Crippen LogP contribution in [0.3, 0.4) is 0 Å². The molecule has 0 radical (unpaired) electrons. The Kier molecular flexibility index (Phi) is 4.88. The molecule has 114 valence electrons. The largest absolute Gasteiger partial charge is 0.497 e. The van der Waals surface area contributed by atoms with Crippen LogP contribution in [0, 0.1) is 10.1 Å². The Bertz CT molecular complexity index is 692. The SMILES string of the molecule is COc1ccc(N=Cc2ccc(C(C)C)c([N+](=O)[O-])c2)cc1. The van der Waals surface area contributed by atoms with Crippen molar-refractivity contribution in [2.24, 2.45) is 4.99 Å². The van der Waals surface area contributed by atoms with Gasteiger partial charge in [0.05, 0.1) is 17.7 Å². The molecule has 0 amide bonds. The molecule has 0 aliphatic rings. The minimum atomic E-state index is -0.347. The molecule has 0 saturated carbocycles. The third-order valence-electron chi connectivity index (χ3n) is 3.31. The van der Waals surface area contributed by atoms with E-state index in [0.717, 1.165) is 17.0 Å². The summed E-state index contributed by atoms with van der Waals surface area (Å²) in [6.45, 7) is 3.88. The van der Waals surface area contributed by atoms with Crippen LogP contribution in [0.4, 0.5) is 11.4 Å². The van der Waals surface area contributed by atoms with Gasteiger partial charge in [0.2, 0.25) is 0 Å². The summed E-state index contributed by atoms with van der Waals surface area (Å²) in [6, 6.07) is 12.5. The average molecular weight is 298 g/mol. The van der Waals surface area contributed by atoms with E-state index in [1.54, 1.807) is 25.5 Å². The summed E-state index contributed by atoms with van der Waals surface area (Å²) < 4.78 is 5.08. The Balaban J connectivity index is 2.27. The highest BCUT2D eigenvalue weighted by Gasteiger charge is 2.16. The van der Waals surface area contributed by atoms with Crippen molar-refractivity contribution < 1.29 is 9.66 Å². The van der Waals surface area contributed by atoms with E-state index in [4.69, 9.17) is 4.74 Å². The van der Waals surface area contributed by atoms with Crippen LogP contribution in [0.25, 0.3) is 0 Å². The van der Waals surface area contributed by atoms with Crippen LogP contribution in [-0.2, 0) is 0 Å². The first kappa shape index (κ1) is 15.7. The van der Waals surface area contributed by atoms with Gasteiger partial charge in [-0.05, 0) is 35.7 Å². The quantitative estimate of drug-likeness (QED) is 0.464. The van der Waals surface area contributed by atoms with Crippen LogP contribution in [0.15, 0.2) is 47.5 Å². The smallest absolute Gasteiger partial charge is 0.273 e. The number of rotatable bonds is 5. The molecule has 0 atom stereocenters. The zero-order valence-corrected chi connectivity index (χ0v) is 12.8. The molecule has 0 saturated heterocycles. The molecule has 5 heteroatoms. The molecule has 0 aliphatic heterocycles. The zero-order valence-electron chi connectivity index (χ0n) is 12.8. The lowest BCUT2D eigenvalue weighted by Gasteiger charge is -2.06. The van der Waals surface area contributed by atoms with Gasteiger partial charge in [-0.1, -0.05) is 26.0 Å². The van der Waals surface area contributed by atoms with Crippen molar-refractivity contribution in [3.05, 3.63) is 63.7 Å². The molecule has 0 N–H and O–H groups in total. The molecule has 0 fully saturated rings. The third kappa shape index (κ3) is 3.69. The lowest BCUT2D eigenvalue weighted by atomic mass is 9.99. The summed E-state index contributed by atoms with van der Waals surface area (Å²) in [6.07, 6.45) is 1.62. The Morgan fingerprint density at radius 1 is 1.18 bits per heavy atom. The fourth-order valence-corrected chi connectivity index (χ4v) is 2.10. The topological polar surface area (TPSA) is 64.7 Å². The number of nitro benzene ring substituents is 1. The average Bonchev–Trinajstić information content (AvgIpc) is 2.53. The molecule has 0 spiro atoms. The number of hydrogen-bond acceptors (Lipinski definition) is 4. The van der Waals surface area contributed by atoms with Crippen LogP contribution in [0.2, 0.25) is 0 Å². The first-order valence-corrected chi connectivity index (χ1v) is 6.97. The fraction of sp³-hybridized carbons (Fsp3) is 0.235. The summed E-state index contributed by atoms with van der Waals surface area (Å²) in [5, 5.41) is 11.2. The Morgan fingerprint density at radius 2 is 1.86 bits per heavy atom. The molecule has 2 aromatic rings. The van der Waals surface area contributed by atoms with Gasteiger partial charge in [0.25, 0.3) is 5.69 Å². The lowest BCUT2D eigenvalue weighted by molar-refractivity contribution is -0.385. The Morgan fingerprint density at radius 3 is 2.41 bits per heavy atom. The molecule has 2 rings (SSSR count). The number of aliphatic imine (C=N–C) groups is 1. The van der Waals surface area contributed by atoms with E-state index < -0.39 is 0 Å². The first-order chi connectivity index (χ1) is 10.5. The highest BCUT2D eigenvalue weighted by Crippen LogP contribution is 2.27. The molecule has 0 unspecified atom stereocenters. The third-order valence-corrected chi connectivity index (χ3v) is 3.31. The van der Waals surface area contributed by atoms with Crippen molar-refractivity contribution in [3.8, 4) is 5.75 Å².